The first-order valence-electron chi connectivity index (χ1n) is 6.71. The van der Waals surface area contributed by atoms with Crippen molar-refractivity contribution >= 4 is 30.1 Å². The minimum Gasteiger partial charge on any atom is -0.354 e. The molecule has 0 heterocycles. The number of carbonyl (C=O) groups excluding carboxylic acids is 1. The van der Waals surface area contributed by atoms with E-state index in [1.165, 1.54) is 6.07 Å². The van der Waals surface area contributed by atoms with Crippen molar-refractivity contribution in [3.63, 3.8) is 0 Å². The van der Waals surface area contributed by atoms with Crippen LogP contribution in [0.3, 0.4) is 0 Å². The summed E-state index contributed by atoms with van der Waals surface area (Å²) in [7, 11) is 0. The smallest absolute Gasteiger partial charge is 0.354 e. The number of amides is 1. The molecular weight excluding hydrogens is 337 g/mol. The van der Waals surface area contributed by atoms with Gasteiger partial charge in [-0.1, -0.05) is 13.0 Å². The molecule has 22 heavy (non-hydrogen) atoms. The Labute approximate surface area is 138 Å². The molecule has 0 aliphatic rings. The van der Waals surface area contributed by atoms with Crippen LogP contribution in [0, 0.1) is 0 Å². The highest BCUT2D eigenvalue weighted by molar-refractivity contribution is 8.00. The van der Waals surface area contributed by atoms with Gasteiger partial charge >= 0.3 is 6.18 Å². The molecule has 0 radical (unpaired) electrons. The van der Waals surface area contributed by atoms with Crippen molar-refractivity contribution in [1.29, 1.82) is 0 Å². The number of benzene rings is 1. The highest BCUT2D eigenvalue weighted by Crippen LogP contribution is 2.31. The van der Waals surface area contributed by atoms with E-state index in [0.717, 1.165) is 36.9 Å². The van der Waals surface area contributed by atoms with Crippen molar-refractivity contribution < 1.29 is 18.0 Å². The Balaban J connectivity index is 0.00000441. The van der Waals surface area contributed by atoms with Crippen LogP contribution in [0.15, 0.2) is 29.2 Å². The number of thioether (sulfide) groups is 1. The molecule has 0 unspecified atom stereocenters. The van der Waals surface area contributed by atoms with E-state index in [0.29, 0.717) is 18.0 Å². The van der Waals surface area contributed by atoms with Crippen LogP contribution in [-0.2, 0) is 11.0 Å². The fourth-order valence-corrected chi connectivity index (χ4v) is 2.34. The topological polar surface area (TPSA) is 41.1 Å². The van der Waals surface area contributed by atoms with Crippen molar-refractivity contribution in [3.8, 4) is 0 Å². The van der Waals surface area contributed by atoms with Crippen LogP contribution in [0.1, 0.15) is 18.9 Å². The summed E-state index contributed by atoms with van der Waals surface area (Å²) in [6, 6.07) is 4.98. The number of nitrogens with one attached hydrogen (secondary N) is 2. The molecule has 3 nitrogen and oxygen atoms in total. The van der Waals surface area contributed by atoms with Crippen LogP contribution in [0.4, 0.5) is 13.2 Å². The molecule has 8 heteroatoms. The molecule has 0 aromatic heterocycles. The minimum atomic E-state index is -4.36. The third-order valence-electron chi connectivity index (χ3n) is 2.58. The number of alkyl halides is 3. The van der Waals surface area contributed by atoms with Crippen LogP contribution < -0.4 is 10.6 Å². The quantitative estimate of drug-likeness (QED) is 0.554. The van der Waals surface area contributed by atoms with Gasteiger partial charge in [-0.15, -0.1) is 24.2 Å². The Hall–Kier alpha value is -0.920. The van der Waals surface area contributed by atoms with Gasteiger partial charge < -0.3 is 10.6 Å². The van der Waals surface area contributed by atoms with Gasteiger partial charge in [-0.05, 0) is 31.2 Å². The summed E-state index contributed by atoms with van der Waals surface area (Å²) in [6.45, 7) is 4.15. The summed E-state index contributed by atoms with van der Waals surface area (Å²) >= 11 is 1.09. The predicted molar refractivity (Wildman–Crippen MR) is 85.6 cm³/mol. The van der Waals surface area contributed by atoms with E-state index in [2.05, 4.69) is 17.6 Å². The highest BCUT2D eigenvalue weighted by atomic mass is 35.5. The normalized spacial score (nSPS) is 10.9. The third kappa shape index (κ3) is 8.51. The molecular formula is C14H20ClF3N2OS. The zero-order valence-electron chi connectivity index (χ0n) is 12.2. The number of rotatable bonds is 8. The summed E-state index contributed by atoms with van der Waals surface area (Å²) in [6.07, 6.45) is -3.33. The van der Waals surface area contributed by atoms with Crippen LogP contribution >= 0.6 is 24.2 Å². The lowest BCUT2D eigenvalue weighted by Gasteiger charge is -2.09. The zero-order chi connectivity index (χ0) is 15.7. The van der Waals surface area contributed by atoms with E-state index < -0.39 is 11.7 Å². The molecule has 0 atom stereocenters. The van der Waals surface area contributed by atoms with Gasteiger partial charge in [0.25, 0.3) is 0 Å². The number of halogens is 4. The zero-order valence-corrected chi connectivity index (χ0v) is 13.8. The van der Waals surface area contributed by atoms with Gasteiger partial charge in [0.1, 0.15) is 0 Å². The van der Waals surface area contributed by atoms with E-state index in [1.54, 1.807) is 6.07 Å². The van der Waals surface area contributed by atoms with E-state index in [-0.39, 0.29) is 24.1 Å². The maximum atomic E-state index is 12.5. The maximum absolute atomic E-state index is 12.5. The second-order valence-corrected chi connectivity index (χ2v) is 5.46. The Bertz CT molecular complexity index is 458. The number of hydrogen-bond acceptors (Lipinski definition) is 3. The fraction of sp³-hybridized carbons (Fsp3) is 0.500. The first-order chi connectivity index (χ1) is 9.93. The van der Waals surface area contributed by atoms with Crippen molar-refractivity contribution in [3.05, 3.63) is 29.8 Å². The summed E-state index contributed by atoms with van der Waals surface area (Å²) in [5, 5.41) is 5.85. The SMILES string of the molecule is CCCNCCNC(=O)CSc1cccc(C(F)(F)F)c1.Cl. The van der Waals surface area contributed by atoms with Gasteiger partial charge in [0.2, 0.25) is 5.91 Å². The second-order valence-electron chi connectivity index (χ2n) is 4.41. The van der Waals surface area contributed by atoms with E-state index >= 15 is 0 Å². The fourth-order valence-electron chi connectivity index (χ4n) is 1.55. The van der Waals surface area contributed by atoms with Crippen molar-refractivity contribution in [2.75, 3.05) is 25.4 Å². The van der Waals surface area contributed by atoms with E-state index in [9.17, 15) is 18.0 Å². The summed E-state index contributed by atoms with van der Waals surface area (Å²) in [5.41, 5.74) is -0.698. The van der Waals surface area contributed by atoms with E-state index in [1.807, 2.05) is 0 Å². The van der Waals surface area contributed by atoms with Crippen LogP contribution in [-0.4, -0.2) is 31.3 Å². The Morgan fingerprint density at radius 2 is 1.95 bits per heavy atom. The molecule has 0 spiro atoms. The van der Waals surface area contributed by atoms with Gasteiger partial charge in [0, 0.05) is 18.0 Å². The average Bonchev–Trinajstić information content (AvgIpc) is 2.44. The molecule has 1 aromatic carbocycles. The first kappa shape index (κ1) is 21.1. The number of carbonyl (C=O) groups is 1. The molecule has 0 aliphatic heterocycles. The van der Waals surface area contributed by atoms with Crippen molar-refractivity contribution in [1.82, 2.24) is 10.6 Å². The molecule has 0 saturated carbocycles. The molecule has 0 fully saturated rings. The molecule has 1 amide bonds. The Kier molecular flexibility index (Phi) is 10.3. The molecule has 0 aliphatic carbocycles. The monoisotopic (exact) mass is 356 g/mol. The van der Waals surface area contributed by atoms with E-state index in [4.69, 9.17) is 0 Å². The van der Waals surface area contributed by atoms with Gasteiger partial charge in [0.15, 0.2) is 0 Å². The highest BCUT2D eigenvalue weighted by Gasteiger charge is 2.30. The minimum absolute atomic E-state index is 0. The lowest BCUT2D eigenvalue weighted by molar-refractivity contribution is -0.137. The lowest BCUT2D eigenvalue weighted by atomic mass is 10.2. The summed E-state index contributed by atoms with van der Waals surface area (Å²) in [5.74, 6) is -0.0783. The molecule has 1 rings (SSSR count). The van der Waals surface area contributed by atoms with Crippen LogP contribution in [0.2, 0.25) is 0 Å². The molecule has 1 aromatic rings. The second kappa shape index (κ2) is 10.7. The standard InChI is InChI=1S/C14H19F3N2OS.ClH/c1-2-6-18-7-8-19-13(20)10-21-12-5-3-4-11(9-12)14(15,16)17;/h3-5,9,18H,2,6-8,10H2,1H3,(H,19,20);1H. The predicted octanol–water partition coefficient (Wildman–Crippen LogP) is 3.34. The molecule has 2 N–H and O–H groups in total. The molecule has 126 valence electrons. The Morgan fingerprint density at radius 1 is 1.23 bits per heavy atom. The largest absolute Gasteiger partial charge is 0.416 e. The lowest BCUT2D eigenvalue weighted by Crippen LogP contribution is -2.33. The van der Waals surface area contributed by atoms with Gasteiger partial charge in [-0.3, -0.25) is 4.79 Å². The van der Waals surface area contributed by atoms with Crippen LogP contribution in [0.25, 0.3) is 0 Å². The first-order valence-corrected chi connectivity index (χ1v) is 7.69. The van der Waals surface area contributed by atoms with Gasteiger partial charge in [-0.25, -0.2) is 0 Å². The van der Waals surface area contributed by atoms with Crippen molar-refractivity contribution in [2.45, 2.75) is 24.4 Å². The Morgan fingerprint density at radius 3 is 2.59 bits per heavy atom. The van der Waals surface area contributed by atoms with Gasteiger partial charge in [-0.2, -0.15) is 13.2 Å². The van der Waals surface area contributed by atoms with Crippen LogP contribution in [0.5, 0.6) is 0 Å². The third-order valence-corrected chi connectivity index (χ3v) is 3.58. The van der Waals surface area contributed by atoms with Gasteiger partial charge in [0.05, 0.1) is 11.3 Å². The summed E-state index contributed by atoms with van der Waals surface area (Å²) < 4.78 is 37.6. The molecule has 0 bridgehead atoms. The van der Waals surface area contributed by atoms with Crippen molar-refractivity contribution in [2.24, 2.45) is 0 Å². The maximum Gasteiger partial charge on any atom is 0.416 e. The number of hydrogen-bond donors (Lipinski definition) is 2. The average molecular weight is 357 g/mol. The summed E-state index contributed by atoms with van der Waals surface area (Å²) in [4.78, 5) is 12.0. The molecule has 0 saturated heterocycles.